The second-order valence-corrected chi connectivity index (χ2v) is 7.33. The van der Waals surface area contributed by atoms with E-state index in [4.69, 9.17) is 0 Å². The molecule has 0 bridgehead atoms. The molecule has 1 amide bonds. The van der Waals surface area contributed by atoms with Crippen LogP contribution in [0.4, 0.5) is 4.39 Å². The van der Waals surface area contributed by atoms with Crippen LogP contribution in [0.2, 0.25) is 0 Å². The fourth-order valence-corrected chi connectivity index (χ4v) is 3.65. The van der Waals surface area contributed by atoms with Crippen LogP contribution in [-0.4, -0.2) is 27.0 Å². The summed E-state index contributed by atoms with van der Waals surface area (Å²) in [6.45, 7) is 0.533. The van der Waals surface area contributed by atoms with Gasteiger partial charge in [0.2, 0.25) is 0 Å². The molecule has 0 saturated carbocycles. The Kier molecular flexibility index (Phi) is 5.76. The number of carbonyl (C=O) groups excluding carboxylic acids is 1. The molecule has 150 valence electrons. The van der Waals surface area contributed by atoms with E-state index in [1.165, 1.54) is 40.4 Å². The van der Waals surface area contributed by atoms with E-state index in [2.05, 4.69) is 15.3 Å². The van der Waals surface area contributed by atoms with Crippen LogP contribution in [0.3, 0.4) is 0 Å². The van der Waals surface area contributed by atoms with E-state index in [1.807, 2.05) is 30.3 Å². The molecule has 0 unspecified atom stereocenters. The second-order valence-electron chi connectivity index (χ2n) is 6.47. The molecular weight excluding hydrogens is 403 g/mol. The number of nitrogens with one attached hydrogen (secondary N) is 1. The quantitative estimate of drug-likeness (QED) is 0.517. The summed E-state index contributed by atoms with van der Waals surface area (Å²) in [5, 5.41) is 5.25. The van der Waals surface area contributed by atoms with Crippen molar-refractivity contribution in [1.82, 2.24) is 19.9 Å². The maximum Gasteiger partial charge on any atom is 0.270 e. The Hall–Kier alpha value is -3.65. The first-order chi connectivity index (χ1) is 14.6. The van der Waals surface area contributed by atoms with Gasteiger partial charge in [-0.15, -0.1) is 11.3 Å². The summed E-state index contributed by atoms with van der Waals surface area (Å²) in [6.07, 6.45) is 1.42. The molecule has 2 heterocycles. The summed E-state index contributed by atoms with van der Waals surface area (Å²) in [6, 6.07) is 16.8. The molecule has 6 nitrogen and oxygen atoms in total. The van der Waals surface area contributed by atoms with E-state index >= 15 is 0 Å². The van der Waals surface area contributed by atoms with E-state index in [0.717, 1.165) is 10.6 Å². The van der Waals surface area contributed by atoms with Crippen molar-refractivity contribution in [2.45, 2.75) is 6.54 Å². The van der Waals surface area contributed by atoms with Crippen LogP contribution < -0.4 is 10.9 Å². The maximum absolute atomic E-state index is 13.0. The largest absolute Gasteiger partial charge is 0.349 e. The average molecular weight is 420 g/mol. The number of hydrogen-bond acceptors (Lipinski definition) is 5. The van der Waals surface area contributed by atoms with Gasteiger partial charge >= 0.3 is 0 Å². The van der Waals surface area contributed by atoms with Crippen molar-refractivity contribution in [3.8, 4) is 21.8 Å². The monoisotopic (exact) mass is 420 g/mol. The van der Waals surface area contributed by atoms with Gasteiger partial charge in [-0.25, -0.2) is 14.4 Å². The Bertz CT molecular complexity index is 1220. The zero-order valence-electron chi connectivity index (χ0n) is 15.8. The van der Waals surface area contributed by atoms with Gasteiger partial charge in [0, 0.05) is 35.7 Å². The highest BCUT2D eigenvalue weighted by atomic mass is 32.1. The van der Waals surface area contributed by atoms with E-state index in [9.17, 15) is 14.0 Å². The van der Waals surface area contributed by atoms with Gasteiger partial charge in [-0.2, -0.15) is 0 Å². The molecule has 4 aromatic rings. The molecule has 0 spiro atoms. The van der Waals surface area contributed by atoms with Crippen molar-refractivity contribution in [1.29, 1.82) is 0 Å². The van der Waals surface area contributed by atoms with Crippen molar-refractivity contribution in [2.75, 3.05) is 6.54 Å². The zero-order valence-corrected chi connectivity index (χ0v) is 16.6. The predicted octanol–water partition coefficient (Wildman–Crippen LogP) is 3.60. The van der Waals surface area contributed by atoms with Gasteiger partial charge in [0.15, 0.2) is 0 Å². The number of nitrogens with zero attached hydrogens (tertiary/aromatic N) is 3. The number of thiazole rings is 1. The summed E-state index contributed by atoms with van der Waals surface area (Å²) < 4.78 is 14.4. The number of amides is 1. The van der Waals surface area contributed by atoms with E-state index < -0.39 is 0 Å². The third-order valence-corrected chi connectivity index (χ3v) is 5.31. The standard InChI is InChI=1S/C22H17FN4O2S/c23-17-8-6-15(7-9-17)18-12-20(28)27(14-25-18)11-10-24-21(29)19-13-30-22(26-19)16-4-2-1-3-5-16/h1-9,12-14H,10-11H2,(H,24,29). The number of aromatic nitrogens is 3. The zero-order chi connectivity index (χ0) is 20.9. The SMILES string of the molecule is O=C(NCCn1cnc(-c2ccc(F)cc2)cc1=O)c1csc(-c2ccccc2)n1. The Morgan fingerprint density at radius 3 is 2.57 bits per heavy atom. The summed E-state index contributed by atoms with van der Waals surface area (Å²) >= 11 is 1.40. The lowest BCUT2D eigenvalue weighted by Crippen LogP contribution is -2.31. The van der Waals surface area contributed by atoms with Gasteiger partial charge in [0.1, 0.15) is 16.5 Å². The highest BCUT2D eigenvalue weighted by Crippen LogP contribution is 2.23. The van der Waals surface area contributed by atoms with E-state index in [1.54, 1.807) is 17.5 Å². The molecule has 1 N–H and O–H groups in total. The summed E-state index contributed by atoms with van der Waals surface area (Å²) in [4.78, 5) is 33.3. The predicted molar refractivity (Wildman–Crippen MR) is 114 cm³/mol. The number of hydrogen-bond donors (Lipinski definition) is 1. The summed E-state index contributed by atoms with van der Waals surface area (Å²) in [5.41, 5.74) is 2.18. The lowest BCUT2D eigenvalue weighted by molar-refractivity contribution is 0.0948. The fourth-order valence-electron chi connectivity index (χ4n) is 2.84. The van der Waals surface area contributed by atoms with Crippen molar-refractivity contribution >= 4 is 17.2 Å². The topological polar surface area (TPSA) is 76.9 Å². The van der Waals surface area contributed by atoms with Crippen LogP contribution in [0, 0.1) is 5.82 Å². The third kappa shape index (κ3) is 4.49. The Morgan fingerprint density at radius 1 is 1.07 bits per heavy atom. The van der Waals surface area contributed by atoms with E-state index in [0.29, 0.717) is 17.0 Å². The molecular formula is C22H17FN4O2S. The highest BCUT2D eigenvalue weighted by Gasteiger charge is 2.11. The second kappa shape index (κ2) is 8.79. The van der Waals surface area contributed by atoms with Crippen molar-refractivity contribution in [2.24, 2.45) is 0 Å². The smallest absolute Gasteiger partial charge is 0.270 e. The maximum atomic E-state index is 13.0. The molecule has 0 aliphatic carbocycles. The highest BCUT2D eigenvalue weighted by molar-refractivity contribution is 7.13. The summed E-state index contributed by atoms with van der Waals surface area (Å²) in [5.74, 6) is -0.642. The number of benzene rings is 2. The number of carbonyl (C=O) groups is 1. The van der Waals surface area contributed by atoms with Crippen LogP contribution in [0.1, 0.15) is 10.5 Å². The number of rotatable bonds is 6. The molecule has 0 fully saturated rings. The minimum Gasteiger partial charge on any atom is -0.349 e. The van der Waals surface area contributed by atoms with Gasteiger partial charge in [0.25, 0.3) is 11.5 Å². The lowest BCUT2D eigenvalue weighted by atomic mass is 10.1. The Morgan fingerprint density at radius 2 is 1.83 bits per heavy atom. The van der Waals surface area contributed by atoms with Crippen LogP contribution in [0.5, 0.6) is 0 Å². The first-order valence-corrected chi connectivity index (χ1v) is 10.1. The Labute approximate surface area is 175 Å². The minimum atomic E-state index is -0.348. The van der Waals surface area contributed by atoms with Gasteiger partial charge in [-0.05, 0) is 24.3 Å². The molecule has 2 aromatic heterocycles. The lowest BCUT2D eigenvalue weighted by Gasteiger charge is -2.07. The molecule has 2 aromatic carbocycles. The summed E-state index contributed by atoms with van der Waals surface area (Å²) in [7, 11) is 0. The van der Waals surface area contributed by atoms with Crippen molar-refractivity contribution < 1.29 is 9.18 Å². The molecule has 0 atom stereocenters. The first kappa shape index (κ1) is 19.7. The Balaban J connectivity index is 1.36. The fraction of sp³-hybridized carbons (Fsp3) is 0.0909. The molecule has 0 aliphatic heterocycles. The molecule has 0 radical (unpaired) electrons. The van der Waals surface area contributed by atoms with E-state index in [-0.39, 0.29) is 30.4 Å². The van der Waals surface area contributed by atoms with Crippen molar-refractivity contribution in [3.05, 3.63) is 94.2 Å². The molecule has 0 aliphatic rings. The van der Waals surface area contributed by atoms with Crippen LogP contribution in [0.15, 0.2) is 77.2 Å². The van der Waals surface area contributed by atoms with Crippen LogP contribution in [0.25, 0.3) is 21.8 Å². The molecule has 4 rings (SSSR count). The van der Waals surface area contributed by atoms with Gasteiger partial charge < -0.3 is 5.32 Å². The average Bonchev–Trinajstić information content (AvgIpc) is 3.26. The molecule has 30 heavy (non-hydrogen) atoms. The molecule has 8 heteroatoms. The van der Waals surface area contributed by atoms with Crippen LogP contribution in [-0.2, 0) is 6.54 Å². The van der Waals surface area contributed by atoms with Gasteiger partial charge in [-0.1, -0.05) is 30.3 Å². The number of halogens is 1. The van der Waals surface area contributed by atoms with Crippen LogP contribution >= 0.6 is 11.3 Å². The minimum absolute atomic E-state index is 0.251. The third-order valence-electron chi connectivity index (χ3n) is 4.42. The molecule has 0 saturated heterocycles. The first-order valence-electron chi connectivity index (χ1n) is 9.22. The van der Waals surface area contributed by atoms with Crippen molar-refractivity contribution in [3.63, 3.8) is 0 Å². The normalized spacial score (nSPS) is 10.7. The van der Waals surface area contributed by atoms with Gasteiger partial charge in [0.05, 0.1) is 12.0 Å². The van der Waals surface area contributed by atoms with Gasteiger partial charge in [-0.3, -0.25) is 14.2 Å².